The van der Waals surface area contributed by atoms with Crippen LogP contribution in [-0.4, -0.2) is 19.5 Å². The normalized spacial score (nSPS) is 13.2. The van der Waals surface area contributed by atoms with Crippen molar-refractivity contribution in [3.05, 3.63) is 169 Å². The van der Waals surface area contributed by atoms with Crippen LogP contribution in [0.15, 0.2) is 158 Å². The molecular formula is C48H32N4S. The SMILES string of the molecule is CC1(C)c2ccccc2-c2cc3c(cc21)c1ccccc1n3-c1cccc(-c2nc(-c3ccccc3)nc(-c3cccc4c3sc3ccccc34)n2)c1. The van der Waals surface area contributed by atoms with Gasteiger partial charge in [-0.3, -0.25) is 0 Å². The van der Waals surface area contributed by atoms with E-state index in [2.05, 4.69) is 158 Å². The van der Waals surface area contributed by atoms with E-state index in [1.54, 1.807) is 11.3 Å². The minimum atomic E-state index is -0.0732. The summed E-state index contributed by atoms with van der Waals surface area (Å²) in [4.78, 5) is 15.5. The molecule has 0 atom stereocenters. The number of fused-ring (bicyclic) bond motifs is 9. The molecule has 0 N–H and O–H groups in total. The Bertz CT molecular complexity index is 3100. The van der Waals surface area contributed by atoms with Gasteiger partial charge < -0.3 is 4.57 Å². The summed E-state index contributed by atoms with van der Waals surface area (Å²) in [7, 11) is 0. The third kappa shape index (κ3) is 4.51. The van der Waals surface area contributed by atoms with Gasteiger partial charge in [0.25, 0.3) is 0 Å². The summed E-state index contributed by atoms with van der Waals surface area (Å²) >= 11 is 1.79. The van der Waals surface area contributed by atoms with E-state index in [4.69, 9.17) is 15.0 Å². The van der Waals surface area contributed by atoms with Crippen molar-refractivity contribution < 1.29 is 0 Å². The molecule has 3 aromatic heterocycles. The second kappa shape index (κ2) is 11.3. The van der Waals surface area contributed by atoms with Crippen molar-refractivity contribution in [3.63, 3.8) is 0 Å². The van der Waals surface area contributed by atoms with Crippen LogP contribution in [-0.2, 0) is 5.41 Å². The van der Waals surface area contributed by atoms with Crippen LogP contribution in [0.25, 0.3) is 93.0 Å². The van der Waals surface area contributed by atoms with Gasteiger partial charge in [-0.25, -0.2) is 15.0 Å². The lowest BCUT2D eigenvalue weighted by atomic mass is 9.82. The summed E-state index contributed by atoms with van der Waals surface area (Å²) in [5, 5.41) is 4.98. The Morgan fingerprint density at radius 3 is 2.00 bits per heavy atom. The molecule has 1 aliphatic carbocycles. The quantitative estimate of drug-likeness (QED) is 0.184. The van der Waals surface area contributed by atoms with Gasteiger partial charge in [-0.1, -0.05) is 129 Å². The molecule has 0 saturated carbocycles. The van der Waals surface area contributed by atoms with Crippen molar-refractivity contribution in [1.82, 2.24) is 19.5 Å². The number of hydrogen-bond donors (Lipinski definition) is 0. The van der Waals surface area contributed by atoms with E-state index in [0.717, 1.165) is 22.4 Å². The van der Waals surface area contributed by atoms with E-state index < -0.39 is 0 Å². The van der Waals surface area contributed by atoms with E-state index >= 15 is 0 Å². The van der Waals surface area contributed by atoms with Gasteiger partial charge in [0, 0.05) is 58.7 Å². The summed E-state index contributed by atoms with van der Waals surface area (Å²) in [6.45, 7) is 4.69. The second-order valence-electron chi connectivity index (χ2n) is 14.4. The molecule has 3 heterocycles. The zero-order valence-electron chi connectivity index (χ0n) is 29.2. The Balaban J connectivity index is 1.13. The van der Waals surface area contributed by atoms with Crippen molar-refractivity contribution in [2.75, 3.05) is 0 Å². The molecule has 0 unspecified atom stereocenters. The lowest BCUT2D eigenvalue weighted by Crippen LogP contribution is -2.14. The third-order valence-electron chi connectivity index (χ3n) is 11.1. The smallest absolute Gasteiger partial charge is 0.165 e. The van der Waals surface area contributed by atoms with Gasteiger partial charge in [0.05, 0.1) is 11.0 Å². The minimum absolute atomic E-state index is 0.0732. The highest BCUT2D eigenvalue weighted by molar-refractivity contribution is 7.26. The molecule has 1 aliphatic rings. The van der Waals surface area contributed by atoms with E-state index in [0.29, 0.717) is 17.5 Å². The molecule has 250 valence electrons. The van der Waals surface area contributed by atoms with Crippen LogP contribution in [0.2, 0.25) is 0 Å². The average Bonchev–Trinajstić information content (AvgIpc) is 3.83. The van der Waals surface area contributed by atoms with E-state index in [1.807, 2.05) is 18.2 Å². The molecule has 0 saturated heterocycles. The van der Waals surface area contributed by atoms with Crippen LogP contribution in [0, 0.1) is 0 Å². The third-order valence-corrected chi connectivity index (χ3v) is 12.3. The molecule has 10 aromatic rings. The van der Waals surface area contributed by atoms with Gasteiger partial charge in [-0.05, 0) is 64.7 Å². The molecule has 0 fully saturated rings. The number of benzene rings is 7. The highest BCUT2D eigenvalue weighted by Crippen LogP contribution is 2.51. The van der Waals surface area contributed by atoms with Gasteiger partial charge in [0.1, 0.15) is 0 Å². The molecule has 4 nitrogen and oxygen atoms in total. The predicted molar refractivity (Wildman–Crippen MR) is 221 cm³/mol. The molecule has 11 rings (SSSR count). The first-order valence-electron chi connectivity index (χ1n) is 18.0. The fourth-order valence-corrected chi connectivity index (χ4v) is 9.70. The monoisotopic (exact) mass is 696 g/mol. The molecule has 0 amide bonds. The zero-order chi connectivity index (χ0) is 35.3. The number of thiophene rings is 1. The Morgan fingerprint density at radius 2 is 1.11 bits per heavy atom. The first-order valence-corrected chi connectivity index (χ1v) is 18.9. The zero-order valence-corrected chi connectivity index (χ0v) is 30.0. The van der Waals surface area contributed by atoms with Gasteiger partial charge in [0.2, 0.25) is 0 Å². The molecule has 5 heteroatoms. The van der Waals surface area contributed by atoms with Crippen LogP contribution < -0.4 is 0 Å². The van der Waals surface area contributed by atoms with E-state index in [1.165, 1.54) is 64.2 Å². The fraction of sp³-hybridized carbons (Fsp3) is 0.0625. The number of hydrogen-bond acceptors (Lipinski definition) is 4. The molecule has 0 bridgehead atoms. The molecule has 0 spiro atoms. The van der Waals surface area contributed by atoms with E-state index in [-0.39, 0.29) is 5.41 Å². The summed E-state index contributed by atoms with van der Waals surface area (Å²) in [5.74, 6) is 1.97. The predicted octanol–water partition coefficient (Wildman–Crippen LogP) is 12.6. The van der Waals surface area contributed by atoms with Gasteiger partial charge in [-0.2, -0.15) is 0 Å². The molecule has 7 aromatic carbocycles. The summed E-state index contributed by atoms with van der Waals surface area (Å²) < 4.78 is 4.84. The van der Waals surface area contributed by atoms with Gasteiger partial charge >= 0.3 is 0 Å². The Labute approximate surface area is 310 Å². The number of nitrogens with zero attached hydrogens (tertiary/aromatic N) is 4. The number of aromatic nitrogens is 4. The number of rotatable bonds is 4. The van der Waals surface area contributed by atoms with Crippen LogP contribution in [0.5, 0.6) is 0 Å². The molecule has 0 radical (unpaired) electrons. The highest BCUT2D eigenvalue weighted by atomic mass is 32.1. The van der Waals surface area contributed by atoms with Gasteiger partial charge in [-0.15, -0.1) is 11.3 Å². The summed E-state index contributed by atoms with van der Waals surface area (Å²) in [5.41, 5.74) is 11.6. The largest absolute Gasteiger partial charge is 0.309 e. The Hall–Kier alpha value is -6.43. The number of para-hydroxylation sites is 1. The lowest BCUT2D eigenvalue weighted by Gasteiger charge is -2.21. The van der Waals surface area contributed by atoms with E-state index in [9.17, 15) is 0 Å². The second-order valence-corrected chi connectivity index (χ2v) is 15.5. The highest BCUT2D eigenvalue weighted by Gasteiger charge is 2.36. The Kier molecular flexibility index (Phi) is 6.43. The standard InChI is InChI=1S/C48H32N4S/c1-48(2)39-23-9-6-18-32(39)37-28-42-38(27-40(37)48)33-19-7-10-24-41(33)52(42)31-17-12-16-30(26-31)46-49-45(29-14-4-3-5-15-29)50-47(51-46)36-22-13-21-35-34-20-8-11-25-43(34)53-44(35)36/h3-28H,1-2H3. The van der Waals surface area contributed by atoms with Crippen molar-refractivity contribution in [3.8, 4) is 51.0 Å². The van der Waals surface area contributed by atoms with Crippen LogP contribution in [0.4, 0.5) is 0 Å². The molecular weight excluding hydrogens is 665 g/mol. The van der Waals surface area contributed by atoms with Crippen LogP contribution in [0.3, 0.4) is 0 Å². The average molecular weight is 697 g/mol. The summed E-state index contributed by atoms with van der Waals surface area (Å²) in [6, 6.07) is 56.4. The van der Waals surface area contributed by atoms with Gasteiger partial charge in [0.15, 0.2) is 17.5 Å². The maximum atomic E-state index is 5.23. The lowest BCUT2D eigenvalue weighted by molar-refractivity contribution is 0.661. The first kappa shape index (κ1) is 30.2. The Morgan fingerprint density at radius 1 is 0.453 bits per heavy atom. The molecule has 0 aliphatic heterocycles. The van der Waals surface area contributed by atoms with Crippen molar-refractivity contribution in [1.29, 1.82) is 0 Å². The fourth-order valence-electron chi connectivity index (χ4n) is 8.49. The topological polar surface area (TPSA) is 43.6 Å². The van der Waals surface area contributed by atoms with Crippen LogP contribution >= 0.6 is 11.3 Å². The summed E-state index contributed by atoms with van der Waals surface area (Å²) in [6.07, 6.45) is 0. The maximum Gasteiger partial charge on any atom is 0.165 e. The van der Waals surface area contributed by atoms with Crippen LogP contribution in [0.1, 0.15) is 25.0 Å². The first-order chi connectivity index (χ1) is 26.0. The van der Waals surface area contributed by atoms with Crippen molar-refractivity contribution >= 4 is 53.3 Å². The van der Waals surface area contributed by atoms with Crippen molar-refractivity contribution in [2.24, 2.45) is 0 Å². The molecule has 53 heavy (non-hydrogen) atoms. The minimum Gasteiger partial charge on any atom is -0.309 e. The maximum absolute atomic E-state index is 5.23. The van der Waals surface area contributed by atoms with Crippen molar-refractivity contribution in [2.45, 2.75) is 19.3 Å².